The van der Waals surface area contributed by atoms with Gasteiger partial charge in [0.15, 0.2) is 0 Å². The summed E-state index contributed by atoms with van der Waals surface area (Å²) < 4.78 is 6.31. The highest BCUT2D eigenvalue weighted by Gasteiger charge is 1.93. The fourth-order valence-corrected chi connectivity index (χ4v) is 1.05. The van der Waals surface area contributed by atoms with Crippen molar-refractivity contribution in [1.82, 2.24) is 9.78 Å². The molecule has 0 amide bonds. The molecule has 0 aliphatic heterocycles. The molecule has 0 atom stereocenters. The summed E-state index contributed by atoms with van der Waals surface area (Å²) in [5, 5.41) is 3.95. The second kappa shape index (κ2) is 3.74. The van der Waals surface area contributed by atoms with E-state index in [-0.39, 0.29) is 0 Å². The zero-order chi connectivity index (χ0) is 9.80. The van der Waals surface area contributed by atoms with Crippen LogP contribution in [0.2, 0.25) is 0 Å². The van der Waals surface area contributed by atoms with Gasteiger partial charge in [-0.1, -0.05) is 0 Å². The first-order valence-electron chi connectivity index (χ1n) is 4.10. The molecule has 0 bridgehead atoms. The van der Waals surface area contributed by atoms with Crippen LogP contribution in [0.4, 0.5) is 0 Å². The molecule has 14 heavy (non-hydrogen) atoms. The third kappa shape index (κ3) is 1.80. The Hall–Kier alpha value is -2.10. The zero-order valence-electron chi connectivity index (χ0n) is 7.33. The Kier molecular flexibility index (Phi) is 2.27. The van der Waals surface area contributed by atoms with Gasteiger partial charge in [-0.05, 0) is 30.4 Å². The quantitative estimate of drug-likeness (QED) is 0.688. The molecule has 2 heterocycles. The fourth-order valence-electron chi connectivity index (χ4n) is 1.05. The molecule has 4 nitrogen and oxygen atoms in total. The first kappa shape index (κ1) is 8.50. The Morgan fingerprint density at radius 3 is 2.93 bits per heavy atom. The van der Waals surface area contributed by atoms with Crippen LogP contribution in [-0.4, -0.2) is 16.2 Å². The Bertz CT molecular complexity index is 440. The molecule has 0 spiro atoms. The average Bonchev–Trinajstić information content (AvgIpc) is 2.86. The molecule has 0 N–H and O–H groups in total. The van der Waals surface area contributed by atoms with E-state index < -0.39 is 0 Å². The smallest absolute Gasteiger partial charge is 0.234 e. The monoisotopic (exact) mass is 188 g/mol. The fraction of sp³-hybridized carbons (Fsp3) is 0. The van der Waals surface area contributed by atoms with Gasteiger partial charge in [0.1, 0.15) is 5.76 Å². The summed E-state index contributed by atoms with van der Waals surface area (Å²) in [6, 6.07) is 5.39. The highest BCUT2D eigenvalue weighted by Crippen LogP contribution is 2.06. The van der Waals surface area contributed by atoms with E-state index in [0.717, 1.165) is 5.76 Å². The van der Waals surface area contributed by atoms with Crippen molar-refractivity contribution in [3.8, 4) is 0 Å². The van der Waals surface area contributed by atoms with Crippen molar-refractivity contribution in [2.45, 2.75) is 0 Å². The van der Waals surface area contributed by atoms with Crippen molar-refractivity contribution < 1.29 is 9.21 Å². The van der Waals surface area contributed by atoms with Crippen molar-refractivity contribution in [3.63, 3.8) is 0 Å². The van der Waals surface area contributed by atoms with E-state index in [4.69, 9.17) is 4.42 Å². The Balaban J connectivity index is 2.14. The standard InChI is InChI=1S/C10H8N2O2/c13-8-12-6-5-9(11-12)3-4-10-2-1-7-14-10/h1-8H. The zero-order valence-corrected chi connectivity index (χ0v) is 7.33. The number of nitrogens with zero attached hydrogens (tertiary/aromatic N) is 2. The van der Waals surface area contributed by atoms with E-state index in [1.165, 1.54) is 4.68 Å². The van der Waals surface area contributed by atoms with Gasteiger partial charge in [-0.25, -0.2) is 4.68 Å². The van der Waals surface area contributed by atoms with E-state index in [9.17, 15) is 4.79 Å². The summed E-state index contributed by atoms with van der Waals surface area (Å²) in [5.41, 5.74) is 0.716. The SMILES string of the molecule is O=Cn1ccc(C=Cc2ccco2)n1. The molecule has 0 saturated heterocycles. The maximum absolute atomic E-state index is 10.3. The predicted octanol–water partition coefficient (Wildman–Crippen LogP) is 1.68. The van der Waals surface area contributed by atoms with Crippen molar-refractivity contribution in [2.24, 2.45) is 0 Å². The molecule has 0 radical (unpaired) electrons. The van der Waals surface area contributed by atoms with Crippen LogP contribution >= 0.6 is 0 Å². The second-order valence-corrected chi connectivity index (χ2v) is 2.67. The van der Waals surface area contributed by atoms with Crippen molar-refractivity contribution >= 4 is 18.6 Å². The number of carbonyl (C=O) groups is 1. The molecule has 2 aromatic heterocycles. The average molecular weight is 188 g/mol. The minimum Gasteiger partial charge on any atom is -0.465 e. The van der Waals surface area contributed by atoms with Crippen LogP contribution in [-0.2, 0) is 4.79 Å². The van der Waals surface area contributed by atoms with Crippen molar-refractivity contribution in [1.29, 1.82) is 0 Å². The van der Waals surface area contributed by atoms with Gasteiger partial charge in [0.05, 0.1) is 12.0 Å². The van der Waals surface area contributed by atoms with E-state index in [2.05, 4.69) is 5.10 Å². The van der Waals surface area contributed by atoms with Gasteiger partial charge in [-0.3, -0.25) is 4.79 Å². The van der Waals surface area contributed by atoms with E-state index >= 15 is 0 Å². The van der Waals surface area contributed by atoms with Gasteiger partial charge in [-0.15, -0.1) is 0 Å². The third-order valence-corrected chi connectivity index (χ3v) is 1.70. The minimum atomic E-state index is 0.643. The molecule has 0 saturated carbocycles. The molecule has 0 unspecified atom stereocenters. The van der Waals surface area contributed by atoms with Crippen LogP contribution in [0.1, 0.15) is 11.5 Å². The maximum atomic E-state index is 10.3. The number of hydrogen-bond donors (Lipinski definition) is 0. The van der Waals surface area contributed by atoms with Gasteiger partial charge in [0, 0.05) is 6.20 Å². The molecule has 0 aliphatic carbocycles. The van der Waals surface area contributed by atoms with Crippen molar-refractivity contribution in [3.05, 3.63) is 42.1 Å². The topological polar surface area (TPSA) is 48.0 Å². The van der Waals surface area contributed by atoms with Gasteiger partial charge in [0.25, 0.3) is 0 Å². The van der Waals surface area contributed by atoms with E-state index in [0.29, 0.717) is 12.1 Å². The molecular formula is C10H8N2O2. The summed E-state index contributed by atoms with van der Waals surface area (Å²) in [4.78, 5) is 10.3. The summed E-state index contributed by atoms with van der Waals surface area (Å²) in [6.07, 6.45) is 7.40. The van der Waals surface area contributed by atoms with Crippen LogP contribution in [0.3, 0.4) is 0 Å². The number of furan rings is 1. The second-order valence-electron chi connectivity index (χ2n) is 2.67. The van der Waals surface area contributed by atoms with E-state index in [1.54, 1.807) is 30.7 Å². The largest absolute Gasteiger partial charge is 0.465 e. The molecule has 2 aromatic rings. The van der Waals surface area contributed by atoms with Crippen molar-refractivity contribution in [2.75, 3.05) is 0 Å². The Morgan fingerprint density at radius 2 is 2.29 bits per heavy atom. The Morgan fingerprint density at radius 1 is 1.36 bits per heavy atom. The van der Waals surface area contributed by atoms with Gasteiger partial charge >= 0.3 is 0 Å². The lowest BCUT2D eigenvalue weighted by Gasteiger charge is -1.83. The van der Waals surface area contributed by atoms with E-state index in [1.807, 2.05) is 12.1 Å². The summed E-state index contributed by atoms with van der Waals surface area (Å²) in [7, 11) is 0. The number of rotatable bonds is 3. The van der Waals surface area contributed by atoms with Gasteiger partial charge < -0.3 is 4.42 Å². The lowest BCUT2D eigenvalue weighted by atomic mass is 10.3. The first-order valence-corrected chi connectivity index (χ1v) is 4.10. The molecule has 4 heteroatoms. The van der Waals surface area contributed by atoms with Gasteiger partial charge in [0.2, 0.25) is 6.41 Å². The maximum Gasteiger partial charge on any atom is 0.234 e. The van der Waals surface area contributed by atoms with Crippen LogP contribution in [0.5, 0.6) is 0 Å². The summed E-state index contributed by atoms with van der Waals surface area (Å²) in [5.74, 6) is 0.755. The minimum absolute atomic E-state index is 0.643. The lowest BCUT2D eigenvalue weighted by molar-refractivity contribution is 0.540. The lowest BCUT2D eigenvalue weighted by Crippen LogP contribution is -1.93. The molecule has 0 fully saturated rings. The number of aromatic nitrogens is 2. The highest BCUT2D eigenvalue weighted by molar-refractivity contribution is 5.65. The summed E-state index contributed by atoms with van der Waals surface area (Å²) >= 11 is 0. The summed E-state index contributed by atoms with van der Waals surface area (Å²) in [6.45, 7) is 0. The van der Waals surface area contributed by atoms with Crippen LogP contribution in [0.15, 0.2) is 35.1 Å². The van der Waals surface area contributed by atoms with Gasteiger partial charge in [-0.2, -0.15) is 5.10 Å². The first-order chi connectivity index (χ1) is 6.88. The third-order valence-electron chi connectivity index (χ3n) is 1.70. The molecule has 0 aliphatic rings. The predicted molar refractivity (Wildman–Crippen MR) is 52.0 cm³/mol. The number of hydrogen-bond acceptors (Lipinski definition) is 3. The highest BCUT2D eigenvalue weighted by atomic mass is 16.3. The van der Waals surface area contributed by atoms with Crippen LogP contribution in [0.25, 0.3) is 12.2 Å². The molecule has 70 valence electrons. The Labute approximate surface area is 80.5 Å². The van der Waals surface area contributed by atoms with Crippen LogP contribution in [0, 0.1) is 0 Å². The number of carbonyl (C=O) groups excluding carboxylic acids is 1. The molecular weight excluding hydrogens is 180 g/mol. The molecule has 0 aromatic carbocycles. The molecule has 2 rings (SSSR count). The normalized spacial score (nSPS) is 10.9. The van der Waals surface area contributed by atoms with Crippen LogP contribution < -0.4 is 0 Å².